The van der Waals surface area contributed by atoms with Crippen molar-refractivity contribution in [2.24, 2.45) is 13.0 Å². The topological polar surface area (TPSA) is 41.4 Å². The molecule has 6 rings (SSSR count). The van der Waals surface area contributed by atoms with Crippen LogP contribution in [0.15, 0.2) is 36.4 Å². The number of nitrogens with zero attached hydrogens (tertiary/aromatic N) is 4. The molecule has 28 heavy (non-hydrogen) atoms. The highest BCUT2D eigenvalue weighted by Gasteiger charge is 2.54. The van der Waals surface area contributed by atoms with E-state index in [4.69, 9.17) is 0 Å². The average Bonchev–Trinajstić information content (AvgIpc) is 3.32. The fraction of sp³-hybridized carbons (Fsp3) is 0.565. The molecule has 5 nitrogen and oxygen atoms in total. The first-order valence-corrected chi connectivity index (χ1v) is 10.7. The van der Waals surface area contributed by atoms with Crippen molar-refractivity contribution in [3.05, 3.63) is 53.3 Å². The first-order chi connectivity index (χ1) is 13.5. The maximum Gasteiger partial charge on any atom is 0.272 e. The van der Waals surface area contributed by atoms with Crippen LogP contribution >= 0.6 is 0 Å². The summed E-state index contributed by atoms with van der Waals surface area (Å²) in [6, 6.07) is 13.6. The summed E-state index contributed by atoms with van der Waals surface area (Å²) in [4.78, 5) is 18.5. The van der Waals surface area contributed by atoms with Crippen molar-refractivity contribution >= 4 is 5.91 Å². The highest BCUT2D eigenvalue weighted by molar-refractivity contribution is 5.93. The van der Waals surface area contributed by atoms with E-state index in [0.717, 1.165) is 17.9 Å². The van der Waals surface area contributed by atoms with Crippen LogP contribution in [0.2, 0.25) is 0 Å². The van der Waals surface area contributed by atoms with E-state index in [0.29, 0.717) is 29.8 Å². The minimum absolute atomic E-state index is 0.157. The molecule has 3 atom stereocenters. The zero-order valence-electron chi connectivity index (χ0n) is 17.1. The molecule has 4 aliphatic heterocycles. The van der Waals surface area contributed by atoms with Gasteiger partial charge in [-0.3, -0.25) is 14.4 Å². The van der Waals surface area contributed by atoms with Crippen LogP contribution in [0.4, 0.5) is 0 Å². The van der Waals surface area contributed by atoms with Crippen LogP contribution in [-0.2, 0) is 7.05 Å². The molecule has 1 aromatic carbocycles. The van der Waals surface area contributed by atoms with E-state index in [-0.39, 0.29) is 5.91 Å². The predicted octanol–water partition coefficient (Wildman–Crippen LogP) is 3.25. The summed E-state index contributed by atoms with van der Waals surface area (Å²) in [6.07, 6.45) is 2.43. The Morgan fingerprint density at radius 1 is 1.11 bits per heavy atom. The number of aromatic nitrogens is 2. The smallest absolute Gasteiger partial charge is 0.272 e. The molecule has 5 heterocycles. The number of benzene rings is 1. The Morgan fingerprint density at radius 2 is 1.82 bits per heavy atom. The second kappa shape index (κ2) is 6.73. The summed E-state index contributed by atoms with van der Waals surface area (Å²) in [6.45, 7) is 7.43. The average molecular weight is 379 g/mol. The number of hydrogen-bond acceptors (Lipinski definition) is 3. The standard InChI is InChI=1S/C23H30N4O/c1-15(2)19-13-20(25(3)24-19)23(28)27-14-18(16-7-5-4-6-8-16)22-21(27)17-9-11-26(22)12-10-17/h4-8,13,15,17-18,21-22H,9-12,14H2,1-3H3/t18-,21-,22-/m1/s1. The molecule has 1 amide bonds. The van der Waals surface area contributed by atoms with Gasteiger partial charge in [0, 0.05) is 25.6 Å². The molecule has 4 fully saturated rings. The lowest BCUT2D eigenvalue weighted by atomic mass is 9.75. The normalized spacial score (nSPS) is 31.4. The number of likely N-dealkylation sites (tertiary alicyclic amines) is 1. The van der Waals surface area contributed by atoms with Gasteiger partial charge in [0.25, 0.3) is 5.91 Å². The second-order valence-electron chi connectivity index (χ2n) is 9.06. The van der Waals surface area contributed by atoms with Crippen molar-refractivity contribution in [1.82, 2.24) is 19.6 Å². The molecule has 0 N–H and O–H groups in total. The lowest BCUT2D eigenvalue weighted by Crippen LogP contribution is -2.60. The Morgan fingerprint density at radius 3 is 2.46 bits per heavy atom. The third kappa shape index (κ3) is 2.71. The number of hydrogen-bond donors (Lipinski definition) is 0. The van der Waals surface area contributed by atoms with Gasteiger partial charge in [-0.25, -0.2) is 0 Å². The van der Waals surface area contributed by atoms with E-state index in [2.05, 4.69) is 59.1 Å². The van der Waals surface area contributed by atoms with Gasteiger partial charge in [0.05, 0.1) is 11.7 Å². The van der Waals surface area contributed by atoms with Gasteiger partial charge >= 0.3 is 0 Å². The van der Waals surface area contributed by atoms with Crippen molar-refractivity contribution in [3.8, 4) is 0 Å². The lowest BCUT2D eigenvalue weighted by molar-refractivity contribution is -0.00372. The quantitative estimate of drug-likeness (QED) is 0.823. The number of piperidine rings is 3. The number of aryl methyl sites for hydroxylation is 1. The summed E-state index contributed by atoms with van der Waals surface area (Å²) in [7, 11) is 1.90. The van der Waals surface area contributed by atoms with Crippen molar-refractivity contribution in [1.29, 1.82) is 0 Å². The van der Waals surface area contributed by atoms with Crippen LogP contribution in [0, 0.1) is 5.92 Å². The van der Waals surface area contributed by atoms with Crippen LogP contribution < -0.4 is 0 Å². The molecule has 4 saturated heterocycles. The highest BCUT2D eigenvalue weighted by Crippen LogP contribution is 2.46. The summed E-state index contributed by atoms with van der Waals surface area (Å²) in [5, 5.41) is 4.59. The summed E-state index contributed by atoms with van der Waals surface area (Å²) in [5.41, 5.74) is 3.09. The minimum atomic E-state index is 0.157. The van der Waals surface area contributed by atoms with Gasteiger partial charge in [-0.05, 0) is 49.4 Å². The molecule has 0 aliphatic carbocycles. The SMILES string of the molecule is CC(C)c1cc(C(=O)N2C[C@H](c3ccccc3)[C@@H]3[C@H]2C2CCN3CC2)n(C)n1. The zero-order chi connectivity index (χ0) is 19.4. The van der Waals surface area contributed by atoms with E-state index in [1.54, 1.807) is 4.68 Å². The van der Waals surface area contributed by atoms with Crippen molar-refractivity contribution in [2.75, 3.05) is 19.6 Å². The molecule has 0 saturated carbocycles. The number of carbonyl (C=O) groups excluding carboxylic acids is 1. The molecule has 1 aromatic heterocycles. The number of fused-ring (bicyclic) bond motifs is 2. The summed E-state index contributed by atoms with van der Waals surface area (Å²) < 4.78 is 1.78. The van der Waals surface area contributed by atoms with Gasteiger partial charge in [0.1, 0.15) is 5.69 Å². The van der Waals surface area contributed by atoms with E-state index in [1.165, 1.54) is 31.5 Å². The van der Waals surface area contributed by atoms with Gasteiger partial charge in [-0.15, -0.1) is 0 Å². The van der Waals surface area contributed by atoms with Crippen LogP contribution in [0.25, 0.3) is 0 Å². The van der Waals surface area contributed by atoms with Crippen molar-refractivity contribution < 1.29 is 4.79 Å². The van der Waals surface area contributed by atoms with Gasteiger partial charge < -0.3 is 4.90 Å². The van der Waals surface area contributed by atoms with Gasteiger partial charge in [-0.2, -0.15) is 5.10 Å². The van der Waals surface area contributed by atoms with Gasteiger partial charge in [0.15, 0.2) is 0 Å². The molecule has 2 aromatic rings. The Balaban J connectivity index is 1.52. The Bertz CT molecular complexity index is 866. The maximum absolute atomic E-state index is 13.7. The molecule has 0 radical (unpaired) electrons. The largest absolute Gasteiger partial charge is 0.332 e. The Kier molecular flexibility index (Phi) is 4.31. The van der Waals surface area contributed by atoms with Crippen molar-refractivity contribution in [3.63, 3.8) is 0 Å². The molecule has 148 valence electrons. The lowest BCUT2D eigenvalue weighted by Gasteiger charge is -2.51. The maximum atomic E-state index is 13.7. The monoisotopic (exact) mass is 378 g/mol. The predicted molar refractivity (Wildman–Crippen MR) is 109 cm³/mol. The molecule has 4 aliphatic rings. The van der Waals surface area contributed by atoms with E-state index < -0.39 is 0 Å². The summed E-state index contributed by atoms with van der Waals surface area (Å²) >= 11 is 0. The highest BCUT2D eigenvalue weighted by atomic mass is 16.2. The molecular weight excluding hydrogens is 348 g/mol. The first-order valence-electron chi connectivity index (χ1n) is 10.7. The fourth-order valence-electron chi connectivity index (χ4n) is 5.77. The Labute approximate surface area is 167 Å². The minimum Gasteiger partial charge on any atom is -0.332 e. The van der Waals surface area contributed by atoms with Gasteiger partial charge in [0.2, 0.25) is 0 Å². The molecule has 5 heteroatoms. The number of amides is 1. The van der Waals surface area contributed by atoms with E-state index in [1.807, 2.05) is 13.1 Å². The molecular formula is C23H30N4O. The molecule has 0 unspecified atom stereocenters. The first kappa shape index (κ1) is 17.9. The fourth-order valence-corrected chi connectivity index (χ4v) is 5.77. The third-order valence-corrected chi connectivity index (χ3v) is 7.19. The zero-order valence-corrected chi connectivity index (χ0v) is 17.1. The molecule has 0 spiro atoms. The third-order valence-electron chi connectivity index (χ3n) is 7.19. The van der Waals surface area contributed by atoms with Crippen molar-refractivity contribution in [2.45, 2.75) is 50.6 Å². The second-order valence-corrected chi connectivity index (χ2v) is 9.06. The van der Waals surface area contributed by atoms with Crippen LogP contribution in [0.5, 0.6) is 0 Å². The van der Waals surface area contributed by atoms with Crippen LogP contribution in [0.3, 0.4) is 0 Å². The van der Waals surface area contributed by atoms with Gasteiger partial charge in [-0.1, -0.05) is 44.2 Å². The Hall–Kier alpha value is -2.14. The number of rotatable bonds is 3. The van der Waals surface area contributed by atoms with Crippen LogP contribution in [0.1, 0.15) is 60.3 Å². The van der Waals surface area contributed by atoms with E-state index >= 15 is 0 Å². The van der Waals surface area contributed by atoms with Crippen LogP contribution in [-0.4, -0.2) is 57.2 Å². The summed E-state index contributed by atoms with van der Waals surface area (Å²) in [5.74, 6) is 1.51. The number of carbonyl (C=O) groups is 1. The van der Waals surface area contributed by atoms with E-state index in [9.17, 15) is 4.79 Å². The molecule has 2 bridgehead atoms.